The lowest BCUT2D eigenvalue weighted by Gasteiger charge is -2.27. The Hall–Kier alpha value is -2.48. The monoisotopic (exact) mass is 376 g/mol. The normalized spacial score (nSPS) is 20.8. The van der Waals surface area contributed by atoms with Gasteiger partial charge < -0.3 is 9.88 Å². The molecule has 2 heterocycles. The maximum atomic E-state index is 14.2. The molecule has 146 valence electrons. The highest BCUT2D eigenvalue weighted by Crippen LogP contribution is 2.35. The number of likely N-dealkylation sites (tertiary alicyclic amines) is 1. The Morgan fingerprint density at radius 1 is 1.44 bits per heavy atom. The van der Waals surface area contributed by atoms with Gasteiger partial charge in [0.1, 0.15) is 12.0 Å². The maximum absolute atomic E-state index is 14.2. The van der Waals surface area contributed by atoms with Crippen LogP contribution in [0.25, 0.3) is 11.0 Å². The van der Waals surface area contributed by atoms with Crippen molar-refractivity contribution in [1.29, 1.82) is 0 Å². The lowest BCUT2D eigenvalue weighted by atomic mass is 9.96. The molecule has 1 aliphatic heterocycles. The van der Waals surface area contributed by atoms with Crippen molar-refractivity contribution in [3.8, 4) is 0 Å². The van der Waals surface area contributed by atoms with Gasteiger partial charge in [-0.05, 0) is 18.6 Å². The number of fused-ring (bicyclic) bond motifs is 1. The van der Waals surface area contributed by atoms with Gasteiger partial charge >= 0.3 is 0 Å². The van der Waals surface area contributed by atoms with Crippen LogP contribution in [0.4, 0.5) is 4.39 Å². The summed E-state index contributed by atoms with van der Waals surface area (Å²) in [7, 11) is 0. The van der Waals surface area contributed by atoms with Gasteiger partial charge in [0.05, 0.1) is 23.6 Å². The third kappa shape index (κ3) is 4.27. The molecular formula is C19H25FN4O3. The van der Waals surface area contributed by atoms with Crippen LogP contribution < -0.4 is 5.48 Å². The van der Waals surface area contributed by atoms with Crippen molar-refractivity contribution in [2.45, 2.75) is 51.2 Å². The van der Waals surface area contributed by atoms with E-state index in [-0.39, 0.29) is 25.3 Å². The first-order valence-corrected chi connectivity index (χ1v) is 9.35. The zero-order chi connectivity index (χ0) is 19.4. The predicted octanol–water partition coefficient (Wildman–Crippen LogP) is 2.88. The molecule has 1 saturated heterocycles. The number of hydrogen-bond acceptors (Lipinski definition) is 4. The minimum absolute atomic E-state index is 0.0100. The Balaban J connectivity index is 1.84. The van der Waals surface area contributed by atoms with E-state index >= 15 is 0 Å². The number of nitrogens with zero attached hydrogens (tertiary/aromatic N) is 2. The number of rotatable bonds is 7. The number of aromatic nitrogens is 2. The Kier molecular flexibility index (Phi) is 6.05. The van der Waals surface area contributed by atoms with Crippen LogP contribution in [0.15, 0.2) is 24.3 Å². The van der Waals surface area contributed by atoms with Gasteiger partial charge in [-0.3, -0.25) is 14.8 Å². The van der Waals surface area contributed by atoms with Crippen molar-refractivity contribution < 1.29 is 19.2 Å². The van der Waals surface area contributed by atoms with Crippen LogP contribution in [0.5, 0.6) is 0 Å². The molecule has 1 aromatic heterocycles. The fourth-order valence-corrected chi connectivity index (χ4v) is 3.69. The quantitative estimate of drug-likeness (QED) is 0.511. The van der Waals surface area contributed by atoms with Gasteiger partial charge in [-0.1, -0.05) is 31.9 Å². The number of imidazole rings is 1. The van der Waals surface area contributed by atoms with Crippen LogP contribution in [-0.2, 0) is 9.59 Å². The van der Waals surface area contributed by atoms with Gasteiger partial charge in [-0.25, -0.2) is 14.9 Å². The van der Waals surface area contributed by atoms with Crippen molar-refractivity contribution in [1.82, 2.24) is 20.3 Å². The molecule has 0 radical (unpaired) electrons. The van der Waals surface area contributed by atoms with Gasteiger partial charge in [0.2, 0.25) is 11.8 Å². The second-order valence-corrected chi connectivity index (χ2v) is 7.06. The number of carbonyl (C=O) groups excluding carboxylic acids is 2. The summed E-state index contributed by atoms with van der Waals surface area (Å²) in [6, 6.07) is 7.01. The van der Waals surface area contributed by atoms with Gasteiger partial charge in [0, 0.05) is 18.8 Å². The molecule has 1 aromatic carbocycles. The minimum atomic E-state index is -1.13. The number of benzene rings is 1. The molecule has 3 N–H and O–H groups in total. The molecule has 1 fully saturated rings. The predicted molar refractivity (Wildman–Crippen MR) is 97.6 cm³/mol. The summed E-state index contributed by atoms with van der Waals surface area (Å²) in [5.41, 5.74) is 3.19. The summed E-state index contributed by atoms with van der Waals surface area (Å²) in [5, 5.41) is 8.81. The highest BCUT2D eigenvalue weighted by molar-refractivity contribution is 5.86. The van der Waals surface area contributed by atoms with Crippen LogP contribution in [-0.4, -0.2) is 44.6 Å². The summed E-state index contributed by atoms with van der Waals surface area (Å²) < 4.78 is 14.2. The molecule has 0 spiro atoms. The molecule has 3 unspecified atom stereocenters. The molecule has 7 nitrogen and oxygen atoms in total. The van der Waals surface area contributed by atoms with E-state index in [1.807, 2.05) is 31.2 Å². The van der Waals surface area contributed by atoms with Gasteiger partial charge in [-0.2, -0.15) is 0 Å². The van der Waals surface area contributed by atoms with E-state index in [0.717, 1.165) is 23.9 Å². The van der Waals surface area contributed by atoms with Crippen LogP contribution >= 0.6 is 0 Å². The van der Waals surface area contributed by atoms with Gasteiger partial charge in [-0.15, -0.1) is 0 Å². The van der Waals surface area contributed by atoms with Gasteiger partial charge in [0.15, 0.2) is 0 Å². The minimum Gasteiger partial charge on any atom is -0.340 e. The Morgan fingerprint density at radius 2 is 2.22 bits per heavy atom. The standard InChI is InChI=1S/C19H25FN4O3/c1-2-3-6-12(9-17(25)23-27)19(26)24-11-13(20)10-16(24)18-21-14-7-4-5-8-15(14)22-18/h4-5,7-8,12-13,16,27H,2-3,6,9-11H2,1H3,(H,21,22)(H,23,25). The number of alkyl halides is 1. The summed E-state index contributed by atoms with van der Waals surface area (Å²) in [5.74, 6) is -0.904. The lowest BCUT2D eigenvalue weighted by Crippen LogP contribution is -2.38. The van der Waals surface area contributed by atoms with E-state index in [1.165, 1.54) is 4.90 Å². The third-order valence-corrected chi connectivity index (χ3v) is 5.07. The summed E-state index contributed by atoms with van der Waals surface area (Å²) in [6.45, 7) is 1.99. The van der Waals surface area contributed by atoms with Crippen LogP contribution in [0.3, 0.4) is 0 Å². The molecule has 8 heteroatoms. The number of amides is 2. The first kappa shape index (κ1) is 19.3. The number of para-hydroxylation sites is 2. The molecule has 3 rings (SSSR count). The molecular weight excluding hydrogens is 351 g/mol. The Labute approximate surface area is 156 Å². The first-order chi connectivity index (χ1) is 13.0. The van der Waals surface area contributed by atoms with Crippen molar-refractivity contribution >= 4 is 22.8 Å². The molecule has 2 amide bonds. The number of hydroxylamine groups is 1. The molecule has 1 aliphatic rings. The van der Waals surface area contributed by atoms with E-state index in [0.29, 0.717) is 12.2 Å². The van der Waals surface area contributed by atoms with E-state index in [1.54, 1.807) is 5.48 Å². The second-order valence-electron chi connectivity index (χ2n) is 7.06. The number of nitrogens with one attached hydrogen (secondary N) is 2. The zero-order valence-corrected chi connectivity index (χ0v) is 15.3. The van der Waals surface area contributed by atoms with Crippen LogP contribution in [0.2, 0.25) is 0 Å². The van der Waals surface area contributed by atoms with Gasteiger partial charge in [0.25, 0.3) is 0 Å². The highest BCUT2D eigenvalue weighted by atomic mass is 19.1. The van der Waals surface area contributed by atoms with Crippen molar-refractivity contribution in [2.75, 3.05) is 6.54 Å². The lowest BCUT2D eigenvalue weighted by molar-refractivity contribution is -0.141. The second kappa shape index (κ2) is 8.47. The molecule has 0 bridgehead atoms. The summed E-state index contributed by atoms with van der Waals surface area (Å²) >= 11 is 0. The number of carbonyl (C=O) groups is 2. The smallest absolute Gasteiger partial charge is 0.244 e. The molecule has 0 aliphatic carbocycles. The molecule has 27 heavy (non-hydrogen) atoms. The number of hydrogen-bond donors (Lipinski definition) is 3. The number of halogens is 1. The van der Waals surface area contributed by atoms with Crippen LogP contribution in [0, 0.1) is 5.92 Å². The maximum Gasteiger partial charge on any atom is 0.244 e. The highest BCUT2D eigenvalue weighted by Gasteiger charge is 2.40. The SMILES string of the molecule is CCCCC(CC(=O)NO)C(=O)N1CC(F)CC1c1nc2ccccc2[nH]1. The van der Waals surface area contributed by atoms with Crippen LogP contribution in [0.1, 0.15) is 50.9 Å². The largest absolute Gasteiger partial charge is 0.340 e. The number of aromatic amines is 1. The Morgan fingerprint density at radius 3 is 2.93 bits per heavy atom. The van der Waals surface area contributed by atoms with Crippen molar-refractivity contribution in [2.24, 2.45) is 5.92 Å². The van der Waals surface area contributed by atoms with E-state index in [9.17, 15) is 14.0 Å². The number of unbranched alkanes of at least 4 members (excludes halogenated alkanes) is 1. The zero-order valence-electron chi connectivity index (χ0n) is 15.3. The van der Waals surface area contributed by atoms with Crippen molar-refractivity contribution in [3.63, 3.8) is 0 Å². The Bertz CT molecular complexity index is 776. The molecule has 3 atom stereocenters. The first-order valence-electron chi connectivity index (χ1n) is 9.35. The summed E-state index contributed by atoms with van der Waals surface area (Å²) in [4.78, 5) is 33.9. The van der Waals surface area contributed by atoms with E-state index < -0.39 is 24.0 Å². The fourth-order valence-electron chi connectivity index (χ4n) is 3.69. The van der Waals surface area contributed by atoms with E-state index in [2.05, 4.69) is 9.97 Å². The fraction of sp³-hybridized carbons (Fsp3) is 0.526. The molecule has 0 saturated carbocycles. The summed E-state index contributed by atoms with van der Waals surface area (Å²) in [6.07, 6.45) is 1.10. The van der Waals surface area contributed by atoms with E-state index in [4.69, 9.17) is 5.21 Å². The average molecular weight is 376 g/mol. The number of H-pyrrole nitrogens is 1. The third-order valence-electron chi connectivity index (χ3n) is 5.07. The van der Waals surface area contributed by atoms with Crippen molar-refractivity contribution in [3.05, 3.63) is 30.1 Å². The average Bonchev–Trinajstić information content (AvgIpc) is 3.27. The topological polar surface area (TPSA) is 98.3 Å². The molecule has 2 aromatic rings.